The molecule has 4 rings (SSSR count). The van der Waals surface area contributed by atoms with Crippen molar-refractivity contribution in [2.75, 3.05) is 11.9 Å². The van der Waals surface area contributed by atoms with Gasteiger partial charge in [0.1, 0.15) is 5.00 Å². The van der Waals surface area contributed by atoms with Gasteiger partial charge in [-0.2, -0.15) is 0 Å². The van der Waals surface area contributed by atoms with Gasteiger partial charge in [0, 0.05) is 16.3 Å². The van der Waals surface area contributed by atoms with E-state index in [1.807, 2.05) is 0 Å². The predicted octanol–water partition coefficient (Wildman–Crippen LogP) is 5.35. The number of hydrogen-bond acceptors (Lipinski definition) is 4. The van der Waals surface area contributed by atoms with E-state index >= 15 is 0 Å². The van der Waals surface area contributed by atoms with Gasteiger partial charge in [-0.25, -0.2) is 0 Å². The monoisotopic (exact) mass is 416 g/mol. The molecule has 2 aromatic heterocycles. The molecule has 6 heteroatoms. The van der Waals surface area contributed by atoms with Crippen LogP contribution in [0.15, 0.2) is 6.07 Å². The number of aryl methyl sites for hydroxylation is 3. The molecule has 0 atom stereocenters. The van der Waals surface area contributed by atoms with E-state index in [4.69, 9.17) is 0 Å². The van der Waals surface area contributed by atoms with E-state index in [9.17, 15) is 9.59 Å². The van der Waals surface area contributed by atoms with Crippen molar-refractivity contribution in [1.29, 1.82) is 0 Å². The second-order valence-electron chi connectivity index (χ2n) is 7.74. The highest BCUT2D eigenvalue weighted by Gasteiger charge is 2.27. The Morgan fingerprint density at radius 3 is 2.50 bits per heavy atom. The minimum atomic E-state index is -0.0689. The number of thiophene rings is 2. The van der Waals surface area contributed by atoms with Gasteiger partial charge >= 0.3 is 0 Å². The van der Waals surface area contributed by atoms with Gasteiger partial charge in [-0.1, -0.05) is 13.3 Å². The first kappa shape index (κ1) is 19.6. The lowest BCUT2D eigenvalue weighted by Gasteiger charge is -2.13. The maximum absolute atomic E-state index is 13.0. The lowest BCUT2D eigenvalue weighted by Crippen LogP contribution is -2.26. The molecule has 0 saturated carbocycles. The zero-order valence-corrected chi connectivity index (χ0v) is 18.1. The van der Waals surface area contributed by atoms with E-state index in [-0.39, 0.29) is 11.8 Å². The first-order valence-electron chi connectivity index (χ1n) is 10.5. The molecule has 0 bridgehead atoms. The number of nitrogens with one attached hydrogen (secondary N) is 2. The number of unbranched alkanes of at least 4 members (excludes halogenated alkanes) is 1. The van der Waals surface area contributed by atoms with E-state index in [1.165, 1.54) is 28.2 Å². The SMILES string of the molecule is CCCCNC(=O)c1c(NC(=O)c2cc3c(s2)CCCC3)sc2c1CCCC2. The molecule has 2 heterocycles. The van der Waals surface area contributed by atoms with Gasteiger partial charge in [0.05, 0.1) is 10.4 Å². The predicted molar refractivity (Wildman–Crippen MR) is 117 cm³/mol. The second kappa shape index (κ2) is 8.78. The Bertz CT molecular complexity index is 858. The maximum atomic E-state index is 13.0. The fraction of sp³-hybridized carbons (Fsp3) is 0.545. The van der Waals surface area contributed by atoms with Crippen molar-refractivity contribution in [1.82, 2.24) is 5.32 Å². The smallest absolute Gasteiger partial charge is 0.266 e. The van der Waals surface area contributed by atoms with Gasteiger partial charge in [0.2, 0.25) is 0 Å². The number of carbonyl (C=O) groups excluding carboxylic acids is 2. The highest BCUT2D eigenvalue weighted by atomic mass is 32.1. The van der Waals surface area contributed by atoms with Crippen LogP contribution < -0.4 is 10.6 Å². The summed E-state index contributed by atoms with van der Waals surface area (Å²) in [6, 6.07) is 2.06. The zero-order valence-electron chi connectivity index (χ0n) is 16.5. The van der Waals surface area contributed by atoms with Crippen LogP contribution in [0.25, 0.3) is 0 Å². The van der Waals surface area contributed by atoms with Gasteiger partial charge < -0.3 is 10.6 Å². The van der Waals surface area contributed by atoms with Gasteiger partial charge in [0.25, 0.3) is 11.8 Å². The van der Waals surface area contributed by atoms with Crippen molar-refractivity contribution in [3.05, 3.63) is 37.4 Å². The summed E-state index contributed by atoms with van der Waals surface area (Å²) in [4.78, 5) is 29.3. The Balaban J connectivity index is 1.58. The van der Waals surface area contributed by atoms with Crippen molar-refractivity contribution in [2.45, 2.75) is 71.1 Å². The molecule has 0 unspecified atom stereocenters. The Morgan fingerprint density at radius 1 is 0.964 bits per heavy atom. The molecular formula is C22H28N2O2S2. The van der Waals surface area contributed by atoms with E-state index in [1.54, 1.807) is 22.7 Å². The summed E-state index contributed by atoms with van der Waals surface area (Å²) in [5, 5.41) is 6.88. The van der Waals surface area contributed by atoms with Crippen molar-refractivity contribution in [2.24, 2.45) is 0 Å². The summed E-state index contributed by atoms with van der Waals surface area (Å²) in [5.74, 6) is -0.103. The fourth-order valence-electron chi connectivity index (χ4n) is 4.13. The quantitative estimate of drug-likeness (QED) is 0.624. The molecule has 28 heavy (non-hydrogen) atoms. The Morgan fingerprint density at radius 2 is 1.71 bits per heavy atom. The van der Waals surface area contributed by atoms with Gasteiger partial charge in [0.15, 0.2) is 0 Å². The summed E-state index contributed by atoms with van der Waals surface area (Å²) in [6.07, 6.45) is 10.8. The average molecular weight is 417 g/mol. The largest absolute Gasteiger partial charge is 0.352 e. The molecule has 2 aliphatic carbocycles. The van der Waals surface area contributed by atoms with E-state index in [0.29, 0.717) is 12.1 Å². The normalized spacial score (nSPS) is 15.6. The summed E-state index contributed by atoms with van der Waals surface area (Å²) in [7, 11) is 0. The third-order valence-corrected chi connectivity index (χ3v) is 8.10. The first-order chi connectivity index (χ1) is 13.7. The van der Waals surface area contributed by atoms with Crippen LogP contribution in [0.5, 0.6) is 0 Å². The highest BCUT2D eigenvalue weighted by Crippen LogP contribution is 2.39. The molecule has 0 spiro atoms. The fourth-order valence-corrected chi connectivity index (χ4v) is 6.56. The molecule has 2 aromatic rings. The number of amides is 2. The van der Waals surface area contributed by atoms with Crippen LogP contribution >= 0.6 is 22.7 Å². The molecule has 0 aromatic carbocycles. The molecule has 2 aliphatic rings. The van der Waals surface area contributed by atoms with E-state index < -0.39 is 0 Å². The highest BCUT2D eigenvalue weighted by molar-refractivity contribution is 7.17. The van der Waals surface area contributed by atoms with Crippen molar-refractivity contribution >= 4 is 39.5 Å². The van der Waals surface area contributed by atoms with Crippen molar-refractivity contribution < 1.29 is 9.59 Å². The number of carbonyl (C=O) groups is 2. The molecule has 4 nitrogen and oxygen atoms in total. The Labute approximate surface area is 174 Å². The van der Waals surface area contributed by atoms with Crippen LogP contribution in [0.2, 0.25) is 0 Å². The minimum Gasteiger partial charge on any atom is -0.352 e. The second-order valence-corrected chi connectivity index (χ2v) is 9.99. The van der Waals surface area contributed by atoms with E-state index in [2.05, 4.69) is 23.6 Å². The van der Waals surface area contributed by atoms with Gasteiger partial charge in [-0.3, -0.25) is 9.59 Å². The summed E-state index contributed by atoms with van der Waals surface area (Å²) >= 11 is 3.22. The third kappa shape index (κ3) is 4.03. The molecule has 2 N–H and O–H groups in total. The zero-order chi connectivity index (χ0) is 19.5. The van der Waals surface area contributed by atoms with Crippen LogP contribution in [0.1, 0.15) is 86.4 Å². The molecule has 150 valence electrons. The van der Waals surface area contributed by atoms with Crippen LogP contribution in [-0.2, 0) is 25.7 Å². The lowest BCUT2D eigenvalue weighted by molar-refractivity contribution is 0.0953. The van der Waals surface area contributed by atoms with Crippen LogP contribution in [0.4, 0.5) is 5.00 Å². The summed E-state index contributed by atoms with van der Waals surface area (Å²) in [6.45, 7) is 2.80. The van der Waals surface area contributed by atoms with Gasteiger partial charge in [-0.05, 0) is 75.0 Å². The molecular weight excluding hydrogens is 388 g/mol. The Kier molecular flexibility index (Phi) is 6.16. The summed E-state index contributed by atoms with van der Waals surface area (Å²) < 4.78 is 0. The van der Waals surface area contributed by atoms with Crippen LogP contribution in [-0.4, -0.2) is 18.4 Å². The van der Waals surface area contributed by atoms with Crippen molar-refractivity contribution in [3.8, 4) is 0 Å². The first-order valence-corrected chi connectivity index (χ1v) is 12.2. The topological polar surface area (TPSA) is 58.2 Å². The third-order valence-electron chi connectivity index (χ3n) is 5.66. The maximum Gasteiger partial charge on any atom is 0.266 e. The number of rotatable bonds is 6. The minimum absolute atomic E-state index is 0.0337. The van der Waals surface area contributed by atoms with E-state index in [0.717, 1.165) is 66.8 Å². The number of hydrogen-bond donors (Lipinski definition) is 2. The van der Waals surface area contributed by atoms with Crippen LogP contribution in [0.3, 0.4) is 0 Å². The molecule has 0 saturated heterocycles. The lowest BCUT2D eigenvalue weighted by atomic mass is 9.95. The molecule has 0 aliphatic heterocycles. The van der Waals surface area contributed by atoms with Crippen LogP contribution in [0, 0.1) is 0 Å². The van der Waals surface area contributed by atoms with Crippen molar-refractivity contribution in [3.63, 3.8) is 0 Å². The average Bonchev–Trinajstić information content (AvgIpc) is 3.29. The Hall–Kier alpha value is -1.66. The summed E-state index contributed by atoms with van der Waals surface area (Å²) in [5.41, 5.74) is 3.21. The standard InChI is InChI=1S/C22H28N2O2S2/c1-2-3-12-23-21(26)19-15-9-5-7-11-17(15)28-22(19)24-20(25)18-13-14-8-4-6-10-16(14)27-18/h13H,2-12H2,1H3,(H,23,26)(H,24,25). The number of fused-ring (bicyclic) bond motifs is 2. The molecule has 2 amide bonds. The number of anilines is 1. The molecule has 0 radical (unpaired) electrons. The van der Waals surface area contributed by atoms with Gasteiger partial charge in [-0.15, -0.1) is 22.7 Å². The molecule has 0 fully saturated rings.